The maximum atomic E-state index is 10.4. The lowest BCUT2D eigenvalue weighted by molar-refractivity contribution is -0.346. The topological polar surface area (TPSA) is 348 Å². The van der Waals surface area contributed by atoms with E-state index < -0.39 is 149 Å². The van der Waals surface area contributed by atoms with Gasteiger partial charge >= 0.3 is 0 Å². The van der Waals surface area contributed by atoms with Gasteiger partial charge in [-0.25, -0.2) is 0 Å². The molecule has 20 atom stereocenters. The van der Waals surface area contributed by atoms with E-state index in [2.05, 4.69) is 0 Å². The number of aliphatic hydroxyl groups excluding tert-OH is 14. The summed E-state index contributed by atoms with van der Waals surface area (Å²) in [6.07, 6.45) is -34.1. The molecule has 0 aromatic rings. The molecule has 0 spiro atoms. The van der Waals surface area contributed by atoms with Gasteiger partial charge in [-0.2, -0.15) is 0 Å². The van der Waals surface area contributed by atoms with Crippen molar-refractivity contribution in [2.75, 3.05) is 26.4 Å². The molecule has 21 nitrogen and oxygen atoms in total. The zero-order chi connectivity index (χ0) is 33.3. The van der Waals surface area contributed by atoms with Gasteiger partial charge in [0.2, 0.25) is 0 Å². The molecule has 0 unspecified atom stereocenters. The lowest BCUT2D eigenvalue weighted by atomic mass is 9.98. The molecule has 0 bridgehead atoms. The van der Waals surface area contributed by atoms with Crippen molar-refractivity contribution in [1.82, 2.24) is 0 Å². The van der Waals surface area contributed by atoms with Crippen molar-refractivity contribution in [3.05, 3.63) is 0 Å². The second-order valence-corrected chi connectivity index (χ2v) is 11.3. The third-order valence-corrected chi connectivity index (χ3v) is 8.15. The van der Waals surface area contributed by atoms with Crippen LogP contribution in [0.15, 0.2) is 0 Å². The summed E-state index contributed by atoms with van der Waals surface area (Å²) in [4.78, 5) is 0. The fourth-order valence-corrected chi connectivity index (χ4v) is 5.23. The van der Waals surface area contributed by atoms with Crippen LogP contribution in [0.4, 0.5) is 0 Å². The second kappa shape index (κ2) is 15.6. The summed E-state index contributed by atoms with van der Waals surface area (Å²) in [7, 11) is 0. The Labute approximate surface area is 254 Å². The molecule has 4 rings (SSSR count). The summed E-state index contributed by atoms with van der Waals surface area (Å²) in [5, 5.41) is 141. The molecule has 0 aliphatic carbocycles. The highest BCUT2D eigenvalue weighted by molar-refractivity contribution is 4.94. The highest BCUT2D eigenvalue weighted by Gasteiger charge is 2.50. The van der Waals surface area contributed by atoms with Crippen LogP contribution in [-0.4, -0.2) is 221 Å². The zero-order valence-corrected chi connectivity index (χ0v) is 23.5. The largest absolute Gasteiger partial charge is 0.394 e. The van der Waals surface area contributed by atoms with E-state index in [9.17, 15) is 71.5 Å². The minimum Gasteiger partial charge on any atom is -0.394 e. The molecule has 0 saturated carbocycles. The molecule has 14 N–H and O–H groups in total. The van der Waals surface area contributed by atoms with Gasteiger partial charge in [0.25, 0.3) is 0 Å². The lowest BCUT2D eigenvalue weighted by Gasteiger charge is -2.44. The van der Waals surface area contributed by atoms with Gasteiger partial charge in [0.1, 0.15) is 97.7 Å². The third kappa shape index (κ3) is 7.91. The van der Waals surface area contributed by atoms with Gasteiger partial charge in [-0.05, 0) is 0 Å². The Morgan fingerprint density at radius 2 is 0.622 bits per heavy atom. The van der Waals surface area contributed by atoms with Crippen molar-refractivity contribution in [3.63, 3.8) is 0 Å². The van der Waals surface area contributed by atoms with Crippen LogP contribution in [0.25, 0.3) is 0 Å². The summed E-state index contributed by atoms with van der Waals surface area (Å²) < 4.78 is 37.2. The first-order valence-corrected chi connectivity index (χ1v) is 14.1. The summed E-state index contributed by atoms with van der Waals surface area (Å²) >= 11 is 0. The molecule has 4 heterocycles. The first-order chi connectivity index (χ1) is 21.2. The van der Waals surface area contributed by atoms with E-state index in [1.165, 1.54) is 0 Å². The van der Waals surface area contributed by atoms with Crippen LogP contribution in [0.5, 0.6) is 0 Å². The molecule has 0 aromatic heterocycles. The Kier molecular flexibility index (Phi) is 12.8. The molecule has 264 valence electrons. The first kappa shape index (κ1) is 37.0. The average molecular weight is 667 g/mol. The molecular weight excluding hydrogens is 624 g/mol. The van der Waals surface area contributed by atoms with E-state index in [1.807, 2.05) is 0 Å². The number of ether oxygens (including phenoxy) is 7. The second-order valence-electron chi connectivity index (χ2n) is 11.3. The molecule has 4 aliphatic heterocycles. The Morgan fingerprint density at radius 3 is 0.978 bits per heavy atom. The van der Waals surface area contributed by atoms with Gasteiger partial charge in [-0.1, -0.05) is 0 Å². The van der Waals surface area contributed by atoms with Gasteiger partial charge in [0.15, 0.2) is 25.2 Å². The van der Waals surface area contributed by atoms with Gasteiger partial charge in [0.05, 0.1) is 26.4 Å². The van der Waals surface area contributed by atoms with Gasteiger partial charge in [0, 0.05) is 0 Å². The monoisotopic (exact) mass is 666 g/mol. The maximum absolute atomic E-state index is 10.4. The van der Waals surface area contributed by atoms with E-state index in [0.29, 0.717) is 0 Å². The van der Waals surface area contributed by atoms with Gasteiger partial charge < -0.3 is 105 Å². The highest BCUT2D eigenvalue weighted by Crippen LogP contribution is 2.29. The molecule has 0 aromatic carbocycles. The van der Waals surface area contributed by atoms with Crippen molar-refractivity contribution in [1.29, 1.82) is 0 Å². The van der Waals surface area contributed by atoms with Crippen LogP contribution in [0, 0.1) is 0 Å². The zero-order valence-electron chi connectivity index (χ0n) is 23.5. The van der Waals surface area contributed by atoms with Crippen molar-refractivity contribution in [2.24, 2.45) is 0 Å². The minimum atomic E-state index is -1.88. The quantitative estimate of drug-likeness (QED) is 0.103. The highest BCUT2D eigenvalue weighted by atomic mass is 16.7. The summed E-state index contributed by atoms with van der Waals surface area (Å²) in [6.45, 7) is -2.67. The van der Waals surface area contributed by atoms with Gasteiger partial charge in [-0.15, -0.1) is 0 Å². The predicted octanol–water partition coefficient (Wildman–Crippen LogP) is -9.75. The molecule has 0 amide bonds. The van der Waals surface area contributed by atoms with Crippen molar-refractivity contribution < 1.29 is 105 Å². The molecule has 4 saturated heterocycles. The first-order valence-electron chi connectivity index (χ1n) is 14.1. The van der Waals surface area contributed by atoms with Gasteiger partial charge in [-0.3, -0.25) is 0 Å². The van der Waals surface area contributed by atoms with Crippen molar-refractivity contribution in [2.45, 2.75) is 123 Å². The van der Waals surface area contributed by atoms with Crippen LogP contribution >= 0.6 is 0 Å². The Morgan fingerprint density at radius 1 is 0.333 bits per heavy atom. The van der Waals surface area contributed by atoms with E-state index in [1.54, 1.807) is 0 Å². The van der Waals surface area contributed by atoms with Crippen molar-refractivity contribution >= 4 is 0 Å². The number of hydrogen-bond donors (Lipinski definition) is 14. The summed E-state index contributed by atoms with van der Waals surface area (Å²) in [5.74, 6) is 0. The average Bonchev–Trinajstić information content (AvgIpc) is 3.02. The molecule has 45 heavy (non-hydrogen) atoms. The minimum absolute atomic E-state index is 0.633. The van der Waals surface area contributed by atoms with Crippen molar-refractivity contribution in [3.8, 4) is 0 Å². The Balaban J connectivity index is 1.33. The molecular formula is C24H42O21. The van der Waals surface area contributed by atoms with Crippen LogP contribution in [0.3, 0.4) is 0 Å². The van der Waals surface area contributed by atoms with E-state index >= 15 is 0 Å². The fraction of sp³-hybridized carbons (Fsp3) is 1.00. The number of hydrogen-bond acceptors (Lipinski definition) is 21. The molecule has 21 heteroatoms. The van der Waals surface area contributed by atoms with Crippen LogP contribution in [0.1, 0.15) is 0 Å². The fourth-order valence-electron chi connectivity index (χ4n) is 5.23. The predicted molar refractivity (Wildman–Crippen MR) is 134 cm³/mol. The number of aliphatic hydroxyl groups is 14. The smallest absolute Gasteiger partial charge is 0.186 e. The van der Waals surface area contributed by atoms with E-state index in [0.717, 1.165) is 0 Å². The maximum Gasteiger partial charge on any atom is 0.186 e. The Bertz CT molecular complexity index is 916. The van der Waals surface area contributed by atoms with Crippen LogP contribution < -0.4 is 0 Å². The third-order valence-electron chi connectivity index (χ3n) is 8.15. The van der Waals surface area contributed by atoms with E-state index in [-0.39, 0.29) is 0 Å². The summed E-state index contributed by atoms with van der Waals surface area (Å²) in [5.41, 5.74) is 0. The number of rotatable bonds is 10. The standard InChI is InChI=1S/C24H42O21/c25-1-5-9(26)14(31)18(35)22(43-5)40-3-7-11(28)16(33)20(37)24(45-7)41-4-8-12(29)15(32)19(36)23(44-8)39-2-6-10(27)13(30)17(34)21(38)42-6/h5-38H,1-4H2/t5-,6-,7-,8-,9-,10-,11-,12-,13+,14+,15+,16+,17+,18+,19+,20+,21+,22+,23+,24+/m1/s1. The SMILES string of the molecule is OC[C@H]1O[C@H](OC[C@H]2O[C@H](OC[C@H]3O[C@H](OC[C@H]4O[C@H](O)[C@@H](O)[C@@H](O)[C@@H]4O)[C@@H](O)[C@@H](O)[C@@H]3O)[C@@H](O)[C@@H](O)[C@@H]2O)[C@@H](O)[C@@H](O)[C@@H]1O. The van der Waals surface area contributed by atoms with Crippen LogP contribution in [0.2, 0.25) is 0 Å². The van der Waals surface area contributed by atoms with Crippen LogP contribution in [-0.2, 0) is 33.2 Å². The Hall–Kier alpha value is -0.840. The normalized spacial score (nSPS) is 52.9. The van der Waals surface area contributed by atoms with E-state index in [4.69, 9.17) is 33.2 Å². The molecule has 0 radical (unpaired) electrons. The molecule has 4 fully saturated rings. The molecule has 4 aliphatic rings. The lowest BCUT2D eigenvalue weighted by Crippen LogP contribution is -2.63. The summed E-state index contributed by atoms with van der Waals surface area (Å²) in [6, 6.07) is 0.